The molecule has 1 N–H and O–H groups in total. The molecular weight excluding hydrogens is 328 g/mol. The molecule has 2 heterocycles. The fraction of sp³-hybridized carbons (Fsp3) is 0.600. The Kier molecular flexibility index (Phi) is 5.23. The number of fused-ring (bicyclic) bond motifs is 1. The summed E-state index contributed by atoms with van der Waals surface area (Å²) in [6.45, 7) is 11.3. The van der Waals surface area contributed by atoms with E-state index in [-0.39, 0.29) is 29.7 Å². The Morgan fingerprint density at radius 2 is 1.69 bits per heavy atom. The molecule has 1 aromatic heterocycles. The number of likely N-dealkylation sites (tertiary alicyclic amines) is 1. The van der Waals surface area contributed by atoms with Crippen molar-refractivity contribution in [1.29, 1.82) is 0 Å². The first-order chi connectivity index (χ1) is 12.3. The first kappa shape index (κ1) is 18.7. The molecule has 0 radical (unpaired) electrons. The van der Waals surface area contributed by atoms with Crippen molar-refractivity contribution >= 4 is 16.9 Å². The van der Waals surface area contributed by atoms with Crippen LogP contribution in [0.5, 0.6) is 0 Å². The maximum absolute atomic E-state index is 12.6. The van der Waals surface area contributed by atoms with E-state index >= 15 is 0 Å². The first-order valence-electron chi connectivity index (χ1n) is 9.53. The minimum absolute atomic E-state index is 0.0752. The van der Waals surface area contributed by atoms with Crippen molar-refractivity contribution in [3.63, 3.8) is 0 Å². The molecule has 1 saturated heterocycles. The number of nitrogens with one attached hydrogen (secondary N) is 1. The second kappa shape index (κ2) is 7.27. The molecule has 142 valence electrons. The van der Waals surface area contributed by atoms with Crippen LogP contribution in [0, 0.1) is 0 Å². The number of amides is 1. The Morgan fingerprint density at radius 3 is 2.23 bits per heavy atom. The topological polar surface area (TPSA) is 59.3 Å². The molecule has 1 amide bonds. The summed E-state index contributed by atoms with van der Waals surface area (Å²) in [6.07, 6.45) is 1.91. The SMILES string of the molecule is CCn1c(=O)n(CC(=O)NC2CCN(C(C)(C)C)CC2)c2ccccc21. The van der Waals surface area contributed by atoms with Crippen molar-refractivity contribution in [1.82, 2.24) is 19.4 Å². The van der Waals surface area contributed by atoms with Gasteiger partial charge in [0.1, 0.15) is 6.54 Å². The highest BCUT2D eigenvalue weighted by Crippen LogP contribution is 2.20. The molecule has 0 atom stereocenters. The molecule has 1 aliphatic rings. The molecular formula is C20H30N4O2. The Hall–Kier alpha value is -2.08. The van der Waals surface area contributed by atoms with E-state index in [0.29, 0.717) is 6.54 Å². The van der Waals surface area contributed by atoms with Gasteiger partial charge in [-0.15, -0.1) is 0 Å². The zero-order chi connectivity index (χ0) is 18.9. The van der Waals surface area contributed by atoms with Crippen LogP contribution < -0.4 is 11.0 Å². The van der Waals surface area contributed by atoms with Gasteiger partial charge in [0.25, 0.3) is 0 Å². The number of aryl methyl sites for hydroxylation is 1. The molecule has 6 nitrogen and oxygen atoms in total. The summed E-state index contributed by atoms with van der Waals surface area (Å²) < 4.78 is 3.29. The molecule has 6 heteroatoms. The molecule has 0 aliphatic carbocycles. The van der Waals surface area contributed by atoms with E-state index in [9.17, 15) is 9.59 Å². The molecule has 2 aromatic rings. The first-order valence-corrected chi connectivity index (χ1v) is 9.53. The smallest absolute Gasteiger partial charge is 0.329 e. The number of imidazole rings is 1. The fourth-order valence-corrected chi connectivity index (χ4v) is 3.84. The van der Waals surface area contributed by atoms with Crippen LogP contribution >= 0.6 is 0 Å². The fourth-order valence-electron chi connectivity index (χ4n) is 3.84. The van der Waals surface area contributed by atoms with Gasteiger partial charge in [-0.1, -0.05) is 12.1 Å². The van der Waals surface area contributed by atoms with E-state index in [1.54, 1.807) is 9.13 Å². The highest BCUT2D eigenvalue weighted by atomic mass is 16.2. The summed E-state index contributed by atoms with van der Waals surface area (Å²) in [4.78, 5) is 27.7. The van der Waals surface area contributed by atoms with Gasteiger partial charge in [-0.05, 0) is 52.7 Å². The third-order valence-corrected chi connectivity index (χ3v) is 5.35. The largest absolute Gasteiger partial charge is 0.352 e. The molecule has 1 aliphatic heterocycles. The number of carbonyl (C=O) groups excluding carboxylic acids is 1. The van der Waals surface area contributed by atoms with Gasteiger partial charge in [0, 0.05) is 31.2 Å². The van der Waals surface area contributed by atoms with Crippen molar-refractivity contribution in [2.45, 2.75) is 65.2 Å². The number of para-hydroxylation sites is 2. The Balaban J connectivity index is 1.68. The number of hydrogen-bond acceptors (Lipinski definition) is 3. The summed E-state index contributed by atoms with van der Waals surface area (Å²) >= 11 is 0. The standard InChI is InChI=1S/C20H30N4O2/c1-5-23-16-8-6-7-9-17(16)24(19(23)26)14-18(25)21-15-10-12-22(13-11-15)20(2,3)4/h6-9,15H,5,10-14H2,1-4H3,(H,21,25). The van der Waals surface area contributed by atoms with E-state index in [1.165, 1.54) is 0 Å². The molecule has 1 fully saturated rings. The number of piperidine rings is 1. The van der Waals surface area contributed by atoms with Crippen LogP contribution in [-0.4, -0.2) is 44.6 Å². The number of hydrogen-bond donors (Lipinski definition) is 1. The second-order valence-corrected chi connectivity index (χ2v) is 8.10. The average Bonchev–Trinajstić information content (AvgIpc) is 2.86. The zero-order valence-electron chi connectivity index (χ0n) is 16.3. The van der Waals surface area contributed by atoms with Crippen LogP contribution in [0.1, 0.15) is 40.5 Å². The van der Waals surface area contributed by atoms with Crippen LogP contribution in [0.25, 0.3) is 11.0 Å². The maximum atomic E-state index is 12.6. The molecule has 1 aromatic carbocycles. The van der Waals surface area contributed by atoms with E-state index in [4.69, 9.17) is 0 Å². The van der Waals surface area contributed by atoms with Gasteiger partial charge in [-0.25, -0.2) is 4.79 Å². The lowest BCUT2D eigenvalue weighted by molar-refractivity contribution is -0.122. The Labute approximate surface area is 154 Å². The molecule has 26 heavy (non-hydrogen) atoms. The Bertz CT molecular complexity index is 836. The summed E-state index contributed by atoms with van der Waals surface area (Å²) in [5.74, 6) is -0.0830. The summed E-state index contributed by atoms with van der Waals surface area (Å²) in [7, 11) is 0. The van der Waals surface area contributed by atoms with Crippen molar-refractivity contribution in [3.05, 3.63) is 34.7 Å². The molecule has 0 bridgehead atoms. The van der Waals surface area contributed by atoms with Crippen molar-refractivity contribution in [3.8, 4) is 0 Å². The highest BCUT2D eigenvalue weighted by Gasteiger charge is 2.27. The van der Waals surface area contributed by atoms with Gasteiger partial charge < -0.3 is 5.32 Å². The van der Waals surface area contributed by atoms with Crippen molar-refractivity contribution in [2.75, 3.05) is 13.1 Å². The predicted octanol–water partition coefficient (Wildman–Crippen LogP) is 2.20. The third-order valence-electron chi connectivity index (χ3n) is 5.35. The van der Waals surface area contributed by atoms with Gasteiger partial charge in [0.15, 0.2) is 0 Å². The van der Waals surface area contributed by atoms with Gasteiger partial charge in [-0.2, -0.15) is 0 Å². The van der Waals surface area contributed by atoms with Gasteiger partial charge in [-0.3, -0.25) is 18.8 Å². The number of benzene rings is 1. The molecule has 0 spiro atoms. The summed E-state index contributed by atoms with van der Waals surface area (Å²) in [6, 6.07) is 7.84. The van der Waals surface area contributed by atoms with Gasteiger partial charge >= 0.3 is 5.69 Å². The van der Waals surface area contributed by atoms with E-state index in [0.717, 1.165) is 37.0 Å². The monoisotopic (exact) mass is 358 g/mol. The van der Waals surface area contributed by atoms with Gasteiger partial charge in [0.2, 0.25) is 5.91 Å². The van der Waals surface area contributed by atoms with Crippen LogP contribution in [0.3, 0.4) is 0 Å². The number of aromatic nitrogens is 2. The zero-order valence-corrected chi connectivity index (χ0v) is 16.3. The van der Waals surface area contributed by atoms with Crippen LogP contribution in [0.15, 0.2) is 29.1 Å². The maximum Gasteiger partial charge on any atom is 0.329 e. The predicted molar refractivity (Wildman–Crippen MR) is 104 cm³/mol. The minimum atomic E-state index is -0.119. The van der Waals surface area contributed by atoms with Crippen LogP contribution in [0.2, 0.25) is 0 Å². The summed E-state index contributed by atoms with van der Waals surface area (Å²) in [5, 5.41) is 3.12. The lowest BCUT2D eigenvalue weighted by Gasteiger charge is -2.41. The Morgan fingerprint density at radius 1 is 1.12 bits per heavy atom. The number of nitrogens with zero attached hydrogens (tertiary/aromatic N) is 3. The third kappa shape index (κ3) is 3.70. The van der Waals surface area contributed by atoms with E-state index < -0.39 is 0 Å². The van der Waals surface area contributed by atoms with Crippen molar-refractivity contribution in [2.24, 2.45) is 0 Å². The molecule has 0 unspecified atom stereocenters. The second-order valence-electron chi connectivity index (χ2n) is 8.10. The lowest BCUT2D eigenvalue weighted by atomic mass is 9.98. The van der Waals surface area contributed by atoms with E-state index in [1.807, 2.05) is 31.2 Å². The number of rotatable bonds is 4. The quantitative estimate of drug-likeness (QED) is 0.912. The molecule has 0 saturated carbocycles. The lowest BCUT2D eigenvalue weighted by Crippen LogP contribution is -2.51. The minimum Gasteiger partial charge on any atom is -0.352 e. The van der Waals surface area contributed by atoms with E-state index in [2.05, 4.69) is 31.0 Å². The number of carbonyl (C=O) groups is 1. The van der Waals surface area contributed by atoms with Crippen molar-refractivity contribution < 1.29 is 4.79 Å². The summed E-state index contributed by atoms with van der Waals surface area (Å²) in [5.41, 5.74) is 1.75. The van der Waals surface area contributed by atoms with Gasteiger partial charge in [0.05, 0.1) is 11.0 Å². The van der Waals surface area contributed by atoms with Crippen LogP contribution in [0.4, 0.5) is 0 Å². The van der Waals surface area contributed by atoms with Crippen LogP contribution in [-0.2, 0) is 17.9 Å². The molecule has 3 rings (SSSR count). The highest BCUT2D eigenvalue weighted by molar-refractivity contribution is 5.81. The normalized spacial score (nSPS) is 16.9. The average molecular weight is 358 g/mol.